The van der Waals surface area contributed by atoms with Crippen molar-refractivity contribution in [3.63, 3.8) is 0 Å². The summed E-state index contributed by atoms with van der Waals surface area (Å²) in [6.07, 6.45) is -1.69. The number of carbonyl (C=O) groups is 5. The van der Waals surface area contributed by atoms with E-state index in [0.717, 1.165) is 5.56 Å². The van der Waals surface area contributed by atoms with Gasteiger partial charge in [0.25, 0.3) is 0 Å². The van der Waals surface area contributed by atoms with Gasteiger partial charge < -0.3 is 40.1 Å². The van der Waals surface area contributed by atoms with Gasteiger partial charge >= 0.3 is 5.97 Å². The van der Waals surface area contributed by atoms with Gasteiger partial charge in [0.05, 0.1) is 48.8 Å². The number of nitrogens with zero attached hydrogens (tertiary/aromatic N) is 3. The number of aliphatic hydroxyl groups is 1. The van der Waals surface area contributed by atoms with Crippen LogP contribution < -0.4 is 10.6 Å². The van der Waals surface area contributed by atoms with E-state index in [1.165, 1.54) is 19.1 Å². The largest absolute Gasteiger partial charge is 0.480 e. The van der Waals surface area contributed by atoms with E-state index in [4.69, 9.17) is 9.47 Å². The fourth-order valence-corrected chi connectivity index (χ4v) is 7.76. The topological polar surface area (TPSA) is 178 Å². The third-order valence-corrected chi connectivity index (χ3v) is 10.9. The van der Waals surface area contributed by atoms with Crippen molar-refractivity contribution >= 4 is 29.6 Å². The number of nitrogens with one attached hydrogen (secondary N) is 2. The van der Waals surface area contributed by atoms with Gasteiger partial charge in [-0.3, -0.25) is 24.1 Å². The number of methoxy groups -OCH3 is 2. The monoisotopic (exact) mass is 761 g/mol. The molecule has 4 N–H and O–H groups in total. The second kappa shape index (κ2) is 21.5. The van der Waals surface area contributed by atoms with Gasteiger partial charge in [0.15, 0.2) is 0 Å². The summed E-state index contributed by atoms with van der Waals surface area (Å²) >= 11 is 0. The summed E-state index contributed by atoms with van der Waals surface area (Å²) in [5.74, 6) is -3.79. The molecule has 2 rings (SSSR count). The molecular weight excluding hydrogens is 694 g/mol. The molecular formula is C40H67N5O9. The SMILES string of the molecule is CC[C@H](C)[C@@H]([C@@H](CC(=O)N1C[C@H](O)C[C@H]1[C@H](OC)[C@@H](C)C(=O)N[C@@H](Cc1ccccc1)C(=O)O)OC)N(C)C(=O)[C@@H](NC(=O)[C@H](C(C)C)N(C)C)C(C)C. The molecule has 0 bridgehead atoms. The number of carbonyl (C=O) groups excluding carboxylic acids is 4. The number of aliphatic hydroxyl groups excluding tert-OH is 1. The van der Waals surface area contributed by atoms with E-state index in [0.29, 0.717) is 6.42 Å². The van der Waals surface area contributed by atoms with Crippen molar-refractivity contribution < 1.29 is 43.7 Å². The number of hydrogen-bond acceptors (Lipinski definition) is 9. The Balaban J connectivity index is 2.32. The fraction of sp³-hybridized carbons (Fsp3) is 0.725. The maximum Gasteiger partial charge on any atom is 0.326 e. The van der Waals surface area contributed by atoms with Crippen LogP contribution in [-0.2, 0) is 39.9 Å². The van der Waals surface area contributed by atoms with E-state index in [1.807, 2.05) is 66.6 Å². The minimum absolute atomic E-state index is 0.00695. The zero-order valence-electron chi connectivity index (χ0n) is 34.4. The lowest BCUT2D eigenvalue weighted by Crippen LogP contribution is -2.59. The van der Waals surface area contributed by atoms with Crippen LogP contribution in [0.15, 0.2) is 30.3 Å². The molecule has 14 nitrogen and oxygen atoms in total. The first-order valence-corrected chi connectivity index (χ1v) is 19.1. The van der Waals surface area contributed by atoms with Gasteiger partial charge in [-0.05, 0) is 43.8 Å². The second-order valence-corrected chi connectivity index (χ2v) is 15.8. The van der Waals surface area contributed by atoms with Gasteiger partial charge in [-0.25, -0.2) is 4.79 Å². The lowest BCUT2D eigenvalue weighted by molar-refractivity contribution is -0.148. The van der Waals surface area contributed by atoms with Gasteiger partial charge in [-0.15, -0.1) is 0 Å². The van der Waals surface area contributed by atoms with Gasteiger partial charge in [-0.2, -0.15) is 0 Å². The molecule has 1 heterocycles. The van der Waals surface area contributed by atoms with Crippen LogP contribution in [-0.4, -0.2) is 145 Å². The van der Waals surface area contributed by atoms with Crippen LogP contribution in [0.1, 0.15) is 73.3 Å². The number of rotatable bonds is 21. The van der Waals surface area contributed by atoms with Crippen molar-refractivity contribution in [2.24, 2.45) is 23.7 Å². The van der Waals surface area contributed by atoms with Crippen molar-refractivity contribution in [1.82, 2.24) is 25.3 Å². The van der Waals surface area contributed by atoms with Gasteiger partial charge in [0.2, 0.25) is 23.6 Å². The van der Waals surface area contributed by atoms with Crippen LogP contribution in [0, 0.1) is 23.7 Å². The number of likely N-dealkylation sites (tertiary alicyclic amines) is 1. The molecule has 0 spiro atoms. The first-order chi connectivity index (χ1) is 25.3. The van der Waals surface area contributed by atoms with Crippen molar-refractivity contribution in [3.05, 3.63) is 35.9 Å². The van der Waals surface area contributed by atoms with Crippen molar-refractivity contribution in [3.8, 4) is 0 Å². The number of ether oxygens (including phenoxy) is 2. The lowest BCUT2D eigenvalue weighted by Gasteiger charge is -2.41. The number of benzene rings is 1. The molecule has 0 saturated carbocycles. The Labute approximate surface area is 322 Å². The molecule has 1 aliphatic heterocycles. The Morgan fingerprint density at radius 3 is 2.00 bits per heavy atom. The number of carboxylic acid groups (broad SMARTS) is 1. The Kier molecular flexibility index (Phi) is 18.5. The molecule has 10 atom stereocenters. The first-order valence-electron chi connectivity index (χ1n) is 19.1. The molecule has 0 aliphatic carbocycles. The van der Waals surface area contributed by atoms with Gasteiger partial charge in [0, 0.05) is 34.2 Å². The van der Waals surface area contributed by atoms with E-state index in [1.54, 1.807) is 43.1 Å². The Morgan fingerprint density at radius 2 is 1.52 bits per heavy atom. The Bertz CT molecular complexity index is 1370. The number of aliphatic carboxylic acids is 1. The van der Waals surface area contributed by atoms with E-state index >= 15 is 0 Å². The number of β-amino-alcohol motifs (C(OH)–C–C–N with tert-alkyl or cyclic N) is 1. The summed E-state index contributed by atoms with van der Waals surface area (Å²) in [6, 6.07) is 5.32. The Morgan fingerprint density at radius 1 is 0.907 bits per heavy atom. The van der Waals surface area contributed by atoms with Crippen molar-refractivity contribution in [2.45, 2.75) is 123 Å². The van der Waals surface area contributed by atoms with Crippen molar-refractivity contribution in [1.29, 1.82) is 0 Å². The third-order valence-electron chi connectivity index (χ3n) is 10.9. The molecule has 306 valence electrons. The molecule has 0 aromatic heterocycles. The average molecular weight is 762 g/mol. The molecule has 1 aromatic rings. The zero-order valence-corrected chi connectivity index (χ0v) is 34.4. The molecule has 54 heavy (non-hydrogen) atoms. The summed E-state index contributed by atoms with van der Waals surface area (Å²) in [4.78, 5) is 72.3. The number of hydrogen-bond donors (Lipinski definition) is 4. The van der Waals surface area contributed by atoms with E-state index in [9.17, 15) is 34.2 Å². The van der Waals surface area contributed by atoms with Crippen LogP contribution >= 0.6 is 0 Å². The number of carboxylic acids is 1. The van der Waals surface area contributed by atoms with Crippen LogP contribution in [0.25, 0.3) is 0 Å². The molecule has 14 heteroatoms. The highest BCUT2D eigenvalue weighted by molar-refractivity contribution is 5.90. The summed E-state index contributed by atoms with van der Waals surface area (Å²) < 4.78 is 11.8. The van der Waals surface area contributed by atoms with E-state index < -0.39 is 66.3 Å². The van der Waals surface area contributed by atoms with E-state index in [-0.39, 0.29) is 61.3 Å². The average Bonchev–Trinajstić information content (AvgIpc) is 3.50. The highest BCUT2D eigenvalue weighted by atomic mass is 16.5. The van der Waals surface area contributed by atoms with Crippen LogP contribution in [0.2, 0.25) is 0 Å². The maximum atomic E-state index is 14.2. The predicted molar refractivity (Wildman–Crippen MR) is 206 cm³/mol. The standard InChI is InChI=1S/C40H67N5O9/c1-13-25(6)35(44(10)39(50)33(23(2)3)42-38(49)34(24(4)5)43(8)9)31(53-11)21-32(47)45-22-28(46)20-30(45)36(54-12)26(7)37(48)41-29(40(51)52)19-27-17-15-14-16-18-27/h14-18,23-26,28-31,33-36,46H,13,19-22H2,1-12H3,(H,41,48)(H,42,49)(H,51,52)/t25-,26+,28+,29-,30-,31+,33-,34-,35-,36+/m0/s1. The zero-order chi connectivity index (χ0) is 41.0. The maximum absolute atomic E-state index is 14.2. The molecule has 1 aliphatic rings. The highest BCUT2D eigenvalue weighted by Gasteiger charge is 2.45. The first kappa shape index (κ1) is 46.6. The van der Waals surface area contributed by atoms with Crippen LogP contribution in [0.3, 0.4) is 0 Å². The molecule has 1 fully saturated rings. The lowest BCUT2D eigenvalue weighted by atomic mass is 9.89. The molecule has 1 saturated heterocycles. The summed E-state index contributed by atoms with van der Waals surface area (Å²) in [5.41, 5.74) is 0.751. The molecule has 0 unspecified atom stereocenters. The number of amides is 4. The fourth-order valence-electron chi connectivity index (χ4n) is 7.76. The minimum atomic E-state index is -1.18. The van der Waals surface area contributed by atoms with Gasteiger partial charge in [0.1, 0.15) is 12.1 Å². The van der Waals surface area contributed by atoms with Crippen LogP contribution in [0.5, 0.6) is 0 Å². The smallest absolute Gasteiger partial charge is 0.326 e. The Hall–Kier alpha value is -3.59. The number of likely N-dealkylation sites (N-methyl/N-ethyl adjacent to an activating group) is 2. The predicted octanol–water partition coefficient (Wildman–Crippen LogP) is 2.42. The molecule has 1 aromatic carbocycles. The van der Waals surface area contributed by atoms with Crippen molar-refractivity contribution in [2.75, 3.05) is 41.9 Å². The van der Waals surface area contributed by atoms with E-state index in [2.05, 4.69) is 10.6 Å². The molecule has 0 radical (unpaired) electrons. The molecule has 4 amide bonds. The minimum Gasteiger partial charge on any atom is -0.480 e. The quantitative estimate of drug-likeness (QED) is 0.146. The summed E-state index contributed by atoms with van der Waals surface area (Å²) in [7, 11) is 8.25. The summed E-state index contributed by atoms with van der Waals surface area (Å²) in [6.45, 7) is 13.3. The second-order valence-electron chi connectivity index (χ2n) is 15.8. The highest BCUT2D eigenvalue weighted by Crippen LogP contribution is 2.30. The van der Waals surface area contributed by atoms with Crippen LogP contribution in [0.4, 0.5) is 0 Å². The third kappa shape index (κ3) is 12.2. The van der Waals surface area contributed by atoms with Gasteiger partial charge in [-0.1, -0.05) is 85.2 Å². The summed E-state index contributed by atoms with van der Waals surface area (Å²) in [5, 5.41) is 26.3. The normalized spacial score (nSPS) is 20.5.